The Bertz CT molecular complexity index is 423. The summed E-state index contributed by atoms with van der Waals surface area (Å²) in [7, 11) is 1.93. The standard InChI is InChI=1S/C13H20ClN3O/c1-4-7-17(3)9(2)13(18)16-12-6-5-10(15)8-11(12)14/h5-6,8-9H,4,7,15H2,1-3H3,(H,16,18). The van der Waals surface area contributed by atoms with Crippen molar-refractivity contribution < 1.29 is 4.79 Å². The van der Waals surface area contributed by atoms with Crippen LogP contribution in [0, 0.1) is 0 Å². The van der Waals surface area contributed by atoms with Crippen LogP contribution in [0.15, 0.2) is 18.2 Å². The molecule has 0 fully saturated rings. The van der Waals surface area contributed by atoms with Crippen LogP contribution < -0.4 is 11.1 Å². The summed E-state index contributed by atoms with van der Waals surface area (Å²) >= 11 is 6.01. The summed E-state index contributed by atoms with van der Waals surface area (Å²) in [6.07, 6.45) is 1.01. The van der Waals surface area contributed by atoms with Crippen molar-refractivity contribution in [1.29, 1.82) is 0 Å². The van der Waals surface area contributed by atoms with Crippen LogP contribution in [0.4, 0.5) is 11.4 Å². The summed E-state index contributed by atoms with van der Waals surface area (Å²) in [6.45, 7) is 4.83. The van der Waals surface area contributed by atoms with Gasteiger partial charge in [-0.15, -0.1) is 0 Å². The smallest absolute Gasteiger partial charge is 0.241 e. The molecule has 0 aliphatic heterocycles. The third-order valence-electron chi connectivity index (χ3n) is 2.87. The van der Waals surface area contributed by atoms with E-state index in [2.05, 4.69) is 12.2 Å². The van der Waals surface area contributed by atoms with Crippen molar-refractivity contribution in [2.75, 3.05) is 24.6 Å². The monoisotopic (exact) mass is 269 g/mol. The number of likely N-dealkylation sites (N-methyl/N-ethyl adjacent to an activating group) is 1. The van der Waals surface area contributed by atoms with E-state index in [0.717, 1.165) is 13.0 Å². The number of rotatable bonds is 5. The number of anilines is 2. The van der Waals surface area contributed by atoms with Gasteiger partial charge in [-0.1, -0.05) is 18.5 Å². The molecule has 0 bridgehead atoms. The number of hydrogen-bond donors (Lipinski definition) is 2. The van der Waals surface area contributed by atoms with Gasteiger partial charge in [0.25, 0.3) is 0 Å². The van der Waals surface area contributed by atoms with Crippen LogP contribution in [-0.4, -0.2) is 30.4 Å². The van der Waals surface area contributed by atoms with Gasteiger partial charge in [0.15, 0.2) is 0 Å². The molecule has 1 amide bonds. The molecule has 0 saturated carbocycles. The first kappa shape index (κ1) is 14.8. The van der Waals surface area contributed by atoms with Crippen molar-refractivity contribution in [2.45, 2.75) is 26.3 Å². The molecule has 1 aromatic carbocycles. The topological polar surface area (TPSA) is 58.4 Å². The summed E-state index contributed by atoms with van der Waals surface area (Å²) in [5, 5.41) is 3.26. The molecule has 1 aromatic rings. The van der Waals surface area contributed by atoms with Crippen LogP contribution in [-0.2, 0) is 4.79 Å². The highest BCUT2D eigenvalue weighted by atomic mass is 35.5. The Morgan fingerprint density at radius 1 is 1.56 bits per heavy atom. The summed E-state index contributed by atoms with van der Waals surface area (Å²) in [4.78, 5) is 14.0. The number of amides is 1. The van der Waals surface area contributed by atoms with E-state index in [9.17, 15) is 4.79 Å². The summed E-state index contributed by atoms with van der Waals surface area (Å²) in [5.41, 5.74) is 6.77. The van der Waals surface area contributed by atoms with Crippen LogP contribution in [0.2, 0.25) is 5.02 Å². The number of nitrogen functional groups attached to an aromatic ring is 1. The maximum absolute atomic E-state index is 12.0. The van der Waals surface area contributed by atoms with Crippen LogP contribution >= 0.6 is 11.6 Å². The molecule has 5 heteroatoms. The number of carbonyl (C=O) groups is 1. The number of nitrogens with zero attached hydrogens (tertiary/aromatic N) is 1. The fourth-order valence-electron chi connectivity index (χ4n) is 1.62. The molecular formula is C13H20ClN3O. The average molecular weight is 270 g/mol. The third kappa shape index (κ3) is 3.89. The first-order chi connectivity index (χ1) is 8.45. The minimum absolute atomic E-state index is 0.0716. The molecule has 0 aliphatic carbocycles. The second kappa shape index (κ2) is 6.61. The van der Waals surface area contributed by atoms with E-state index in [0.29, 0.717) is 16.4 Å². The van der Waals surface area contributed by atoms with Crippen molar-refractivity contribution in [2.24, 2.45) is 0 Å². The third-order valence-corrected chi connectivity index (χ3v) is 3.18. The van der Waals surface area contributed by atoms with E-state index in [4.69, 9.17) is 17.3 Å². The van der Waals surface area contributed by atoms with Crippen molar-refractivity contribution in [1.82, 2.24) is 4.90 Å². The second-order valence-electron chi connectivity index (χ2n) is 4.39. The lowest BCUT2D eigenvalue weighted by Crippen LogP contribution is -2.39. The molecule has 1 unspecified atom stereocenters. The van der Waals surface area contributed by atoms with Gasteiger partial charge in [-0.05, 0) is 45.1 Å². The predicted molar refractivity (Wildman–Crippen MR) is 76.9 cm³/mol. The zero-order chi connectivity index (χ0) is 13.7. The maximum atomic E-state index is 12.0. The van der Waals surface area contributed by atoms with Gasteiger partial charge < -0.3 is 11.1 Å². The molecule has 100 valence electrons. The lowest BCUT2D eigenvalue weighted by Gasteiger charge is -2.23. The summed E-state index contributed by atoms with van der Waals surface area (Å²) in [6, 6.07) is 4.85. The van der Waals surface area contributed by atoms with Gasteiger partial charge >= 0.3 is 0 Å². The number of halogens is 1. The van der Waals surface area contributed by atoms with E-state index in [-0.39, 0.29) is 11.9 Å². The molecule has 1 rings (SSSR count). The first-order valence-electron chi connectivity index (χ1n) is 6.01. The Balaban J connectivity index is 2.69. The van der Waals surface area contributed by atoms with Gasteiger partial charge in [-0.3, -0.25) is 9.69 Å². The molecule has 0 radical (unpaired) electrons. The van der Waals surface area contributed by atoms with Crippen LogP contribution in [0.25, 0.3) is 0 Å². The Hall–Kier alpha value is -1.26. The van der Waals surface area contributed by atoms with Crippen molar-refractivity contribution >= 4 is 28.9 Å². The Labute approximate surface area is 113 Å². The average Bonchev–Trinajstić information content (AvgIpc) is 2.32. The Morgan fingerprint density at radius 2 is 2.22 bits per heavy atom. The van der Waals surface area contributed by atoms with Crippen molar-refractivity contribution in [3.05, 3.63) is 23.2 Å². The lowest BCUT2D eigenvalue weighted by molar-refractivity contribution is -0.120. The SMILES string of the molecule is CCCN(C)C(C)C(=O)Nc1ccc(N)cc1Cl. The number of carbonyl (C=O) groups excluding carboxylic acids is 1. The molecule has 0 spiro atoms. The fourth-order valence-corrected chi connectivity index (χ4v) is 1.85. The minimum atomic E-state index is -0.196. The second-order valence-corrected chi connectivity index (χ2v) is 4.79. The zero-order valence-corrected chi connectivity index (χ0v) is 11.8. The summed E-state index contributed by atoms with van der Waals surface area (Å²) < 4.78 is 0. The number of nitrogens with two attached hydrogens (primary N) is 1. The quantitative estimate of drug-likeness (QED) is 0.808. The van der Waals surface area contributed by atoms with Gasteiger partial charge in [-0.2, -0.15) is 0 Å². The van der Waals surface area contributed by atoms with Crippen molar-refractivity contribution in [3.63, 3.8) is 0 Å². The minimum Gasteiger partial charge on any atom is -0.399 e. The zero-order valence-electron chi connectivity index (χ0n) is 11.0. The van der Waals surface area contributed by atoms with E-state index < -0.39 is 0 Å². The summed E-state index contributed by atoms with van der Waals surface area (Å²) in [5.74, 6) is -0.0716. The highest BCUT2D eigenvalue weighted by Gasteiger charge is 2.18. The van der Waals surface area contributed by atoms with Gasteiger partial charge in [0.2, 0.25) is 5.91 Å². The molecule has 1 atom stereocenters. The van der Waals surface area contributed by atoms with E-state index in [1.165, 1.54) is 0 Å². The normalized spacial score (nSPS) is 12.5. The van der Waals surface area contributed by atoms with Gasteiger partial charge in [0.05, 0.1) is 16.8 Å². The Kier molecular flexibility index (Phi) is 5.44. The van der Waals surface area contributed by atoms with E-state index >= 15 is 0 Å². The predicted octanol–water partition coefficient (Wildman–Crippen LogP) is 2.59. The van der Waals surface area contributed by atoms with Gasteiger partial charge in [-0.25, -0.2) is 0 Å². The van der Waals surface area contributed by atoms with E-state index in [1.54, 1.807) is 18.2 Å². The molecule has 0 heterocycles. The van der Waals surface area contributed by atoms with Crippen molar-refractivity contribution in [3.8, 4) is 0 Å². The van der Waals surface area contributed by atoms with Crippen LogP contribution in [0.1, 0.15) is 20.3 Å². The lowest BCUT2D eigenvalue weighted by atomic mass is 10.2. The Morgan fingerprint density at radius 3 is 2.78 bits per heavy atom. The number of nitrogens with one attached hydrogen (secondary N) is 1. The molecule has 0 aromatic heterocycles. The number of benzene rings is 1. The highest BCUT2D eigenvalue weighted by molar-refractivity contribution is 6.34. The van der Waals surface area contributed by atoms with Crippen LogP contribution in [0.3, 0.4) is 0 Å². The molecule has 0 aliphatic rings. The molecule has 3 N–H and O–H groups in total. The molecular weight excluding hydrogens is 250 g/mol. The fraction of sp³-hybridized carbons (Fsp3) is 0.462. The number of hydrogen-bond acceptors (Lipinski definition) is 3. The highest BCUT2D eigenvalue weighted by Crippen LogP contribution is 2.24. The van der Waals surface area contributed by atoms with E-state index in [1.807, 2.05) is 18.9 Å². The molecule has 18 heavy (non-hydrogen) atoms. The van der Waals surface area contributed by atoms with Crippen LogP contribution in [0.5, 0.6) is 0 Å². The van der Waals surface area contributed by atoms with Gasteiger partial charge in [0, 0.05) is 5.69 Å². The molecule has 4 nitrogen and oxygen atoms in total. The largest absolute Gasteiger partial charge is 0.399 e. The van der Waals surface area contributed by atoms with Gasteiger partial charge in [0.1, 0.15) is 0 Å². The molecule has 0 saturated heterocycles. The first-order valence-corrected chi connectivity index (χ1v) is 6.39. The maximum Gasteiger partial charge on any atom is 0.241 e.